The number of aryl methyl sites for hydroxylation is 1. The lowest BCUT2D eigenvalue weighted by Gasteiger charge is -2.31. The highest BCUT2D eigenvalue weighted by Gasteiger charge is 2.36. The van der Waals surface area contributed by atoms with Crippen LogP contribution >= 0.6 is 11.6 Å². The third kappa shape index (κ3) is 4.06. The number of hydrogen-bond acceptors (Lipinski definition) is 3. The Hall–Kier alpha value is -3.18. The number of pyridine rings is 1. The summed E-state index contributed by atoms with van der Waals surface area (Å²) in [4.78, 5) is 39.8. The Morgan fingerprint density at radius 3 is 2.39 bits per heavy atom. The summed E-state index contributed by atoms with van der Waals surface area (Å²) < 4.78 is 1.36. The Bertz CT molecular complexity index is 1260. The summed E-state index contributed by atoms with van der Waals surface area (Å²) in [5.41, 5.74) is 2.21. The van der Waals surface area contributed by atoms with Gasteiger partial charge in [-0.15, -0.1) is 0 Å². The van der Waals surface area contributed by atoms with Gasteiger partial charge >= 0.3 is 0 Å². The maximum Gasteiger partial charge on any atom is 0.268 e. The first-order valence-corrected chi connectivity index (χ1v) is 10.5. The highest BCUT2D eigenvalue weighted by atomic mass is 35.5. The van der Waals surface area contributed by atoms with Crippen molar-refractivity contribution in [3.63, 3.8) is 0 Å². The van der Waals surface area contributed by atoms with Gasteiger partial charge in [-0.2, -0.15) is 0 Å². The van der Waals surface area contributed by atoms with Crippen LogP contribution in [0.2, 0.25) is 5.02 Å². The Kier molecular flexibility index (Phi) is 5.31. The zero-order chi connectivity index (χ0) is 22.3. The number of fused-ring (bicyclic) bond motifs is 1. The number of carbonyl (C=O) groups excluding carboxylic acids is 2. The van der Waals surface area contributed by atoms with Crippen LogP contribution in [-0.4, -0.2) is 16.3 Å². The van der Waals surface area contributed by atoms with Crippen molar-refractivity contribution in [3.8, 4) is 5.69 Å². The van der Waals surface area contributed by atoms with E-state index in [-0.39, 0.29) is 16.8 Å². The van der Waals surface area contributed by atoms with E-state index < -0.39 is 11.5 Å². The maximum atomic E-state index is 13.5. The Balaban J connectivity index is 1.92. The lowest BCUT2D eigenvalue weighted by Crippen LogP contribution is -2.37. The number of hydrogen-bond donors (Lipinski definition) is 1. The van der Waals surface area contributed by atoms with Crippen LogP contribution in [0.15, 0.2) is 59.5 Å². The Morgan fingerprint density at radius 2 is 1.71 bits per heavy atom. The number of para-hydroxylation sites is 1. The number of carbonyl (C=O) groups is 2. The van der Waals surface area contributed by atoms with E-state index in [2.05, 4.69) is 5.32 Å². The first-order valence-electron chi connectivity index (χ1n) is 10.1. The largest absolute Gasteiger partial charge is 0.322 e. The molecule has 158 valence electrons. The summed E-state index contributed by atoms with van der Waals surface area (Å²) in [6.07, 6.45) is 2.39. The van der Waals surface area contributed by atoms with Crippen LogP contribution < -0.4 is 10.9 Å². The highest BCUT2D eigenvalue weighted by molar-refractivity contribution is 6.30. The lowest BCUT2D eigenvalue weighted by molar-refractivity contribution is 0.0910. The molecule has 0 saturated heterocycles. The van der Waals surface area contributed by atoms with Gasteiger partial charge in [0, 0.05) is 34.6 Å². The number of ketones is 1. The number of nitrogens with one attached hydrogen (secondary N) is 1. The summed E-state index contributed by atoms with van der Waals surface area (Å²) in [5, 5.41) is 3.40. The molecule has 0 radical (unpaired) electrons. The van der Waals surface area contributed by atoms with Crippen molar-refractivity contribution >= 4 is 29.0 Å². The van der Waals surface area contributed by atoms with Gasteiger partial charge in [-0.05, 0) is 60.2 Å². The van der Waals surface area contributed by atoms with E-state index in [9.17, 15) is 14.4 Å². The number of Topliss-reactive ketones (excluding diaryl/α,β-unsaturated/α-hetero) is 1. The maximum absolute atomic E-state index is 13.5. The molecule has 4 rings (SSSR count). The quantitative estimate of drug-likeness (QED) is 0.615. The molecule has 0 atom stereocenters. The highest BCUT2D eigenvalue weighted by Crippen LogP contribution is 2.36. The van der Waals surface area contributed by atoms with Crippen molar-refractivity contribution in [3.05, 3.63) is 92.4 Å². The van der Waals surface area contributed by atoms with Gasteiger partial charge in [0.2, 0.25) is 0 Å². The predicted molar refractivity (Wildman–Crippen MR) is 123 cm³/mol. The zero-order valence-electron chi connectivity index (χ0n) is 17.7. The van der Waals surface area contributed by atoms with E-state index in [1.807, 2.05) is 39.0 Å². The Morgan fingerprint density at radius 1 is 1.03 bits per heavy atom. The fraction of sp³-hybridized carbons (Fsp3) is 0.240. The summed E-state index contributed by atoms with van der Waals surface area (Å²) in [6.45, 7) is 5.83. The molecule has 0 aliphatic heterocycles. The molecule has 0 spiro atoms. The lowest BCUT2D eigenvalue weighted by atomic mass is 9.73. The molecule has 1 aromatic heterocycles. The van der Waals surface area contributed by atoms with Gasteiger partial charge in [0.1, 0.15) is 5.56 Å². The van der Waals surface area contributed by atoms with E-state index >= 15 is 0 Å². The number of anilines is 1. The number of aromatic nitrogens is 1. The van der Waals surface area contributed by atoms with Crippen molar-refractivity contribution in [2.75, 3.05) is 5.32 Å². The second-order valence-corrected chi connectivity index (χ2v) is 9.19. The smallest absolute Gasteiger partial charge is 0.268 e. The van der Waals surface area contributed by atoms with Crippen molar-refractivity contribution in [1.29, 1.82) is 0 Å². The van der Waals surface area contributed by atoms with Crippen LogP contribution in [0.1, 0.15) is 52.1 Å². The van der Waals surface area contributed by atoms with Crippen LogP contribution in [-0.2, 0) is 6.42 Å². The number of halogens is 1. The molecular weight excluding hydrogens is 412 g/mol. The fourth-order valence-electron chi connectivity index (χ4n) is 4.07. The van der Waals surface area contributed by atoms with Gasteiger partial charge in [-0.25, -0.2) is 0 Å². The van der Waals surface area contributed by atoms with Gasteiger partial charge < -0.3 is 5.32 Å². The topological polar surface area (TPSA) is 68.2 Å². The molecule has 0 unspecified atom stereocenters. The van der Waals surface area contributed by atoms with Crippen LogP contribution in [0, 0.1) is 12.3 Å². The third-order valence-corrected chi connectivity index (χ3v) is 5.89. The molecule has 1 aliphatic carbocycles. The third-order valence-electron chi connectivity index (χ3n) is 5.64. The molecule has 0 fully saturated rings. The second kappa shape index (κ2) is 7.82. The zero-order valence-corrected chi connectivity index (χ0v) is 18.4. The molecule has 1 N–H and O–H groups in total. The minimum absolute atomic E-state index is 0.0110. The SMILES string of the molecule is Cc1ccccc1NC(=O)c1c2c(cn(-c3ccc(Cl)cc3)c1=O)C(=O)CC(C)(C)C2. The molecule has 31 heavy (non-hydrogen) atoms. The molecule has 0 bridgehead atoms. The normalized spacial score (nSPS) is 14.8. The molecule has 3 aromatic rings. The first-order chi connectivity index (χ1) is 14.7. The van der Waals surface area contributed by atoms with Crippen LogP contribution in [0.5, 0.6) is 0 Å². The number of nitrogens with zero attached hydrogens (tertiary/aromatic N) is 1. The van der Waals surface area contributed by atoms with Gasteiger partial charge in [0.25, 0.3) is 11.5 Å². The van der Waals surface area contributed by atoms with Gasteiger partial charge in [-0.1, -0.05) is 43.6 Å². The van der Waals surface area contributed by atoms with E-state index in [0.29, 0.717) is 40.4 Å². The second-order valence-electron chi connectivity index (χ2n) is 8.76. The summed E-state index contributed by atoms with van der Waals surface area (Å²) in [6, 6.07) is 14.1. The molecule has 0 saturated carbocycles. The minimum Gasteiger partial charge on any atom is -0.322 e. The van der Waals surface area contributed by atoms with Crippen LogP contribution in [0.3, 0.4) is 0 Å². The summed E-state index contributed by atoms with van der Waals surface area (Å²) in [7, 11) is 0. The van der Waals surface area contributed by atoms with Gasteiger partial charge in [-0.3, -0.25) is 19.0 Å². The molecule has 5 nitrogen and oxygen atoms in total. The monoisotopic (exact) mass is 434 g/mol. The molecule has 6 heteroatoms. The van der Waals surface area contributed by atoms with Crippen LogP contribution in [0.25, 0.3) is 5.69 Å². The molecular formula is C25H23ClN2O3. The average molecular weight is 435 g/mol. The Labute approximate surface area is 185 Å². The van der Waals surface area contributed by atoms with Crippen LogP contribution in [0.4, 0.5) is 5.69 Å². The summed E-state index contributed by atoms with van der Waals surface area (Å²) in [5.74, 6) is -0.580. The van der Waals surface area contributed by atoms with Crippen molar-refractivity contribution < 1.29 is 9.59 Å². The summed E-state index contributed by atoms with van der Waals surface area (Å²) >= 11 is 5.99. The number of benzene rings is 2. The molecule has 2 aromatic carbocycles. The number of amides is 1. The van der Waals surface area contributed by atoms with E-state index in [1.165, 1.54) is 4.57 Å². The van der Waals surface area contributed by atoms with Crippen molar-refractivity contribution in [2.45, 2.75) is 33.6 Å². The first kappa shape index (κ1) is 21.1. The standard InChI is InChI=1S/C25H23ClN2O3/c1-15-6-4-5-7-20(15)27-23(30)22-18-12-25(2,3)13-21(29)19(18)14-28(24(22)31)17-10-8-16(26)9-11-17/h4-11,14H,12-13H2,1-3H3,(H,27,30). The van der Waals surface area contributed by atoms with Crippen molar-refractivity contribution in [2.24, 2.45) is 5.41 Å². The molecule has 1 heterocycles. The van der Waals surface area contributed by atoms with Gasteiger partial charge in [0.05, 0.1) is 0 Å². The van der Waals surface area contributed by atoms with Crippen molar-refractivity contribution in [1.82, 2.24) is 4.57 Å². The molecule has 1 amide bonds. The minimum atomic E-state index is -0.510. The molecule has 1 aliphatic rings. The fourth-order valence-corrected chi connectivity index (χ4v) is 4.20. The number of rotatable bonds is 3. The van der Waals surface area contributed by atoms with E-state index in [1.54, 1.807) is 36.5 Å². The van der Waals surface area contributed by atoms with Gasteiger partial charge in [0.15, 0.2) is 5.78 Å². The van der Waals surface area contributed by atoms with E-state index in [0.717, 1.165) is 5.56 Å². The average Bonchev–Trinajstić information content (AvgIpc) is 2.69. The predicted octanol–water partition coefficient (Wildman–Crippen LogP) is 5.21. The van der Waals surface area contributed by atoms with E-state index in [4.69, 9.17) is 11.6 Å².